The van der Waals surface area contributed by atoms with Crippen LogP contribution in [0.4, 0.5) is 4.39 Å². The molecule has 1 fully saturated rings. The number of benzene rings is 1. The van der Waals surface area contributed by atoms with Gasteiger partial charge in [0.15, 0.2) is 11.6 Å². The maximum Gasteiger partial charge on any atom is 0.165 e. The van der Waals surface area contributed by atoms with Crippen molar-refractivity contribution in [3.63, 3.8) is 0 Å². The van der Waals surface area contributed by atoms with Crippen molar-refractivity contribution in [3.8, 4) is 5.75 Å². The van der Waals surface area contributed by atoms with Gasteiger partial charge in [0, 0.05) is 12.6 Å². The first kappa shape index (κ1) is 15.2. The second kappa shape index (κ2) is 6.92. The molecule has 1 heterocycles. The fourth-order valence-electron chi connectivity index (χ4n) is 2.18. The van der Waals surface area contributed by atoms with Gasteiger partial charge in [-0.2, -0.15) is 0 Å². The highest BCUT2D eigenvalue weighted by Crippen LogP contribution is 2.19. The number of rotatable bonds is 3. The van der Waals surface area contributed by atoms with Crippen molar-refractivity contribution >= 4 is 12.4 Å². The van der Waals surface area contributed by atoms with Gasteiger partial charge in [-0.3, -0.25) is 4.90 Å². The maximum absolute atomic E-state index is 13.5. The minimum Gasteiger partial charge on any atom is -0.494 e. The molecule has 3 nitrogen and oxygen atoms in total. The van der Waals surface area contributed by atoms with Crippen molar-refractivity contribution < 1.29 is 9.13 Å². The van der Waals surface area contributed by atoms with E-state index in [2.05, 4.69) is 4.90 Å². The van der Waals surface area contributed by atoms with Crippen LogP contribution in [0.3, 0.4) is 0 Å². The third-order valence-corrected chi connectivity index (χ3v) is 3.25. The molecule has 1 aliphatic rings. The van der Waals surface area contributed by atoms with Crippen molar-refractivity contribution in [1.29, 1.82) is 0 Å². The summed E-state index contributed by atoms with van der Waals surface area (Å²) in [4.78, 5) is 2.31. The standard InChI is InChI=1S/C13H19FN2O.ClH/c1-17-13-3-2-10(8-12(13)14)9-16-6-4-11(15)5-7-16;/h2-3,8,11H,4-7,9,15H2,1H3;1H. The van der Waals surface area contributed by atoms with Gasteiger partial charge in [0.05, 0.1) is 7.11 Å². The van der Waals surface area contributed by atoms with E-state index in [-0.39, 0.29) is 18.2 Å². The Balaban J connectivity index is 0.00000162. The van der Waals surface area contributed by atoms with Crippen molar-refractivity contribution in [1.82, 2.24) is 4.90 Å². The zero-order valence-corrected chi connectivity index (χ0v) is 11.4. The predicted octanol–water partition coefficient (Wildman–Crippen LogP) is 2.18. The van der Waals surface area contributed by atoms with Crippen LogP contribution in [0.25, 0.3) is 0 Å². The number of halogens is 2. The molecule has 0 atom stereocenters. The molecule has 1 aromatic rings. The predicted molar refractivity (Wildman–Crippen MR) is 72.7 cm³/mol. The monoisotopic (exact) mass is 274 g/mol. The third-order valence-electron chi connectivity index (χ3n) is 3.25. The van der Waals surface area contributed by atoms with Crippen molar-refractivity contribution in [3.05, 3.63) is 29.6 Å². The lowest BCUT2D eigenvalue weighted by Crippen LogP contribution is -2.39. The molecule has 0 spiro atoms. The summed E-state index contributed by atoms with van der Waals surface area (Å²) in [5, 5.41) is 0. The summed E-state index contributed by atoms with van der Waals surface area (Å²) < 4.78 is 18.4. The highest BCUT2D eigenvalue weighted by molar-refractivity contribution is 5.85. The Labute approximate surface area is 114 Å². The maximum atomic E-state index is 13.5. The minimum absolute atomic E-state index is 0. The van der Waals surface area contributed by atoms with Gasteiger partial charge in [-0.1, -0.05) is 6.07 Å². The average Bonchev–Trinajstić information content (AvgIpc) is 2.32. The molecule has 2 rings (SSSR count). The Morgan fingerprint density at radius 2 is 2.06 bits per heavy atom. The molecule has 1 aliphatic heterocycles. The van der Waals surface area contributed by atoms with Gasteiger partial charge in [0.1, 0.15) is 0 Å². The molecule has 0 amide bonds. The molecule has 102 valence electrons. The molecule has 0 bridgehead atoms. The molecule has 1 saturated heterocycles. The summed E-state index contributed by atoms with van der Waals surface area (Å²) in [6.07, 6.45) is 2.05. The van der Waals surface area contributed by atoms with Gasteiger partial charge in [0.25, 0.3) is 0 Å². The van der Waals surface area contributed by atoms with E-state index in [4.69, 9.17) is 10.5 Å². The highest BCUT2D eigenvalue weighted by atomic mass is 35.5. The second-order valence-corrected chi connectivity index (χ2v) is 4.58. The zero-order chi connectivity index (χ0) is 12.3. The molecular formula is C13H20ClFN2O. The van der Waals surface area contributed by atoms with Gasteiger partial charge in [-0.15, -0.1) is 12.4 Å². The van der Waals surface area contributed by atoms with Gasteiger partial charge in [0.2, 0.25) is 0 Å². The lowest BCUT2D eigenvalue weighted by atomic mass is 10.1. The number of methoxy groups -OCH3 is 1. The van der Waals surface area contributed by atoms with E-state index in [0.717, 1.165) is 38.0 Å². The van der Waals surface area contributed by atoms with Crippen LogP contribution >= 0.6 is 12.4 Å². The average molecular weight is 275 g/mol. The molecular weight excluding hydrogens is 255 g/mol. The Bertz CT molecular complexity index is 381. The number of likely N-dealkylation sites (tertiary alicyclic amines) is 1. The van der Waals surface area contributed by atoms with Crippen LogP contribution < -0.4 is 10.5 Å². The number of hydrogen-bond donors (Lipinski definition) is 1. The van der Waals surface area contributed by atoms with E-state index in [1.165, 1.54) is 7.11 Å². The van der Waals surface area contributed by atoms with Gasteiger partial charge < -0.3 is 10.5 Å². The largest absolute Gasteiger partial charge is 0.494 e. The van der Waals surface area contributed by atoms with E-state index in [1.807, 2.05) is 6.07 Å². The molecule has 2 N–H and O–H groups in total. The summed E-state index contributed by atoms with van der Waals surface area (Å²) in [6, 6.07) is 5.48. The topological polar surface area (TPSA) is 38.5 Å². The van der Waals surface area contributed by atoms with Crippen LogP contribution in [0.1, 0.15) is 18.4 Å². The fourth-order valence-corrected chi connectivity index (χ4v) is 2.18. The molecule has 5 heteroatoms. The molecule has 1 aromatic carbocycles. The van der Waals surface area contributed by atoms with Gasteiger partial charge in [-0.25, -0.2) is 4.39 Å². The Hall–Kier alpha value is -0.840. The minimum atomic E-state index is -0.293. The van der Waals surface area contributed by atoms with Crippen LogP contribution in [0.15, 0.2) is 18.2 Å². The first-order chi connectivity index (χ1) is 8.19. The Morgan fingerprint density at radius 1 is 1.39 bits per heavy atom. The molecule has 0 unspecified atom stereocenters. The number of nitrogens with two attached hydrogens (primary N) is 1. The quantitative estimate of drug-likeness (QED) is 0.918. The first-order valence-electron chi connectivity index (χ1n) is 5.99. The molecule has 0 aromatic heterocycles. The van der Waals surface area contributed by atoms with Crippen molar-refractivity contribution in [2.75, 3.05) is 20.2 Å². The zero-order valence-electron chi connectivity index (χ0n) is 10.6. The molecule has 0 radical (unpaired) electrons. The van der Waals surface area contributed by atoms with Crippen LogP contribution in [0.2, 0.25) is 0 Å². The van der Waals surface area contributed by atoms with E-state index in [1.54, 1.807) is 12.1 Å². The van der Waals surface area contributed by atoms with Gasteiger partial charge in [-0.05, 0) is 43.6 Å². The van der Waals surface area contributed by atoms with Crippen molar-refractivity contribution in [2.24, 2.45) is 5.73 Å². The highest BCUT2D eigenvalue weighted by Gasteiger charge is 2.16. The van der Waals surface area contributed by atoms with Gasteiger partial charge >= 0.3 is 0 Å². The van der Waals surface area contributed by atoms with E-state index in [9.17, 15) is 4.39 Å². The second-order valence-electron chi connectivity index (χ2n) is 4.58. The number of piperidine rings is 1. The van der Waals surface area contributed by atoms with Crippen LogP contribution in [-0.2, 0) is 6.54 Å². The summed E-state index contributed by atoms with van der Waals surface area (Å²) in [5.74, 6) is 0.00753. The Kier molecular flexibility index (Phi) is 5.85. The normalized spacial score (nSPS) is 17.3. The van der Waals surface area contributed by atoms with Crippen LogP contribution in [0, 0.1) is 5.82 Å². The van der Waals surface area contributed by atoms with Crippen LogP contribution in [-0.4, -0.2) is 31.1 Å². The summed E-state index contributed by atoms with van der Waals surface area (Å²) in [5.41, 5.74) is 6.83. The third kappa shape index (κ3) is 3.83. The number of nitrogens with zero attached hydrogens (tertiary/aromatic N) is 1. The fraction of sp³-hybridized carbons (Fsp3) is 0.538. The SMILES string of the molecule is COc1ccc(CN2CCC(N)CC2)cc1F.Cl. The van der Waals surface area contributed by atoms with E-state index in [0.29, 0.717) is 11.8 Å². The van der Waals surface area contributed by atoms with Crippen molar-refractivity contribution in [2.45, 2.75) is 25.4 Å². The smallest absolute Gasteiger partial charge is 0.165 e. The Morgan fingerprint density at radius 3 is 2.61 bits per heavy atom. The lowest BCUT2D eigenvalue weighted by Gasteiger charge is -2.30. The molecule has 18 heavy (non-hydrogen) atoms. The summed E-state index contributed by atoms with van der Waals surface area (Å²) >= 11 is 0. The summed E-state index contributed by atoms with van der Waals surface area (Å²) in [7, 11) is 1.48. The lowest BCUT2D eigenvalue weighted by molar-refractivity contribution is 0.205. The first-order valence-corrected chi connectivity index (χ1v) is 5.99. The van der Waals surface area contributed by atoms with Crippen LogP contribution in [0.5, 0.6) is 5.75 Å². The summed E-state index contributed by atoms with van der Waals surface area (Å²) in [6.45, 7) is 2.78. The molecule has 0 aliphatic carbocycles. The number of hydrogen-bond acceptors (Lipinski definition) is 3. The van der Waals surface area contributed by atoms with E-state index >= 15 is 0 Å². The van der Waals surface area contributed by atoms with E-state index < -0.39 is 0 Å². The number of ether oxygens (including phenoxy) is 1. The molecule has 0 saturated carbocycles.